The second-order valence-corrected chi connectivity index (χ2v) is 2.88. The van der Waals surface area contributed by atoms with Crippen LogP contribution in [0.1, 0.15) is 17.2 Å². The van der Waals surface area contributed by atoms with E-state index < -0.39 is 0 Å². The summed E-state index contributed by atoms with van der Waals surface area (Å²) in [6, 6.07) is 9.51. The van der Waals surface area contributed by atoms with Crippen LogP contribution in [-0.4, -0.2) is 13.4 Å². The maximum absolute atomic E-state index is 8.68. The normalized spacial score (nSPS) is 21.3. The van der Waals surface area contributed by atoms with Gasteiger partial charge in [-0.25, -0.2) is 0 Å². The molecule has 1 atom stereocenters. The van der Waals surface area contributed by atoms with Crippen molar-refractivity contribution >= 4 is 0 Å². The smallest absolute Gasteiger partial charge is 0.147 e. The summed E-state index contributed by atoms with van der Waals surface area (Å²) < 4.78 is 10.4. The molecule has 2 rings (SSSR count). The first-order valence-corrected chi connectivity index (χ1v) is 4.09. The fraction of sp³-hybridized carbons (Fsp3) is 0.300. The minimum atomic E-state index is -0.00620. The zero-order valence-electron chi connectivity index (χ0n) is 7.06. The van der Waals surface area contributed by atoms with Crippen molar-refractivity contribution in [3.05, 3.63) is 35.4 Å². The molecule has 1 fully saturated rings. The molecule has 3 heteroatoms. The quantitative estimate of drug-likeness (QED) is 0.651. The standard InChI is InChI=1S/C10H9NO2/c11-5-8-2-1-3-9(4-8)10-6-12-7-13-10/h1-4,10H,6-7H2. The number of nitriles is 1. The Balaban J connectivity index is 2.25. The van der Waals surface area contributed by atoms with Crippen molar-refractivity contribution < 1.29 is 9.47 Å². The molecule has 1 aliphatic heterocycles. The summed E-state index contributed by atoms with van der Waals surface area (Å²) in [4.78, 5) is 0. The highest BCUT2D eigenvalue weighted by Gasteiger charge is 2.17. The zero-order chi connectivity index (χ0) is 9.10. The summed E-state index contributed by atoms with van der Waals surface area (Å²) in [5.74, 6) is 0. The molecule has 1 saturated heterocycles. The average molecular weight is 175 g/mol. The molecule has 0 spiro atoms. The van der Waals surface area contributed by atoms with Crippen LogP contribution >= 0.6 is 0 Å². The van der Waals surface area contributed by atoms with Gasteiger partial charge in [0.1, 0.15) is 12.9 Å². The predicted octanol–water partition coefficient (Wildman–Crippen LogP) is 1.60. The average Bonchev–Trinajstić information content (AvgIpc) is 2.71. The molecule has 0 bridgehead atoms. The maximum atomic E-state index is 8.68. The summed E-state index contributed by atoms with van der Waals surface area (Å²) in [6.45, 7) is 0.927. The Bertz CT molecular complexity index is 337. The van der Waals surface area contributed by atoms with Gasteiger partial charge in [0, 0.05) is 0 Å². The zero-order valence-corrected chi connectivity index (χ0v) is 7.06. The van der Waals surface area contributed by atoms with E-state index >= 15 is 0 Å². The first-order chi connectivity index (χ1) is 6.40. The molecule has 1 aromatic carbocycles. The van der Waals surface area contributed by atoms with Gasteiger partial charge in [-0.3, -0.25) is 0 Å². The third kappa shape index (κ3) is 1.69. The lowest BCUT2D eigenvalue weighted by molar-refractivity contribution is 0.0466. The van der Waals surface area contributed by atoms with Crippen molar-refractivity contribution in [2.24, 2.45) is 0 Å². The van der Waals surface area contributed by atoms with Crippen LogP contribution in [0.3, 0.4) is 0 Å². The molecule has 0 N–H and O–H groups in total. The van der Waals surface area contributed by atoms with Gasteiger partial charge < -0.3 is 9.47 Å². The Kier molecular flexibility index (Phi) is 2.26. The Morgan fingerprint density at radius 1 is 1.46 bits per heavy atom. The Morgan fingerprint density at radius 2 is 2.38 bits per heavy atom. The minimum Gasteiger partial charge on any atom is -0.352 e. The van der Waals surface area contributed by atoms with E-state index in [2.05, 4.69) is 6.07 Å². The van der Waals surface area contributed by atoms with Crippen molar-refractivity contribution in [3.63, 3.8) is 0 Å². The highest BCUT2D eigenvalue weighted by Crippen LogP contribution is 2.22. The molecular weight excluding hydrogens is 166 g/mol. The lowest BCUT2D eigenvalue weighted by Crippen LogP contribution is -1.99. The van der Waals surface area contributed by atoms with Crippen LogP contribution < -0.4 is 0 Å². The topological polar surface area (TPSA) is 42.2 Å². The number of benzene rings is 1. The lowest BCUT2D eigenvalue weighted by atomic mass is 10.1. The van der Waals surface area contributed by atoms with Gasteiger partial charge in [-0.2, -0.15) is 5.26 Å². The van der Waals surface area contributed by atoms with Gasteiger partial charge in [-0.15, -0.1) is 0 Å². The van der Waals surface area contributed by atoms with Crippen LogP contribution in [0, 0.1) is 11.3 Å². The van der Waals surface area contributed by atoms with Crippen LogP contribution in [-0.2, 0) is 9.47 Å². The number of hydrogen-bond acceptors (Lipinski definition) is 3. The molecule has 0 aliphatic carbocycles. The molecule has 1 unspecified atom stereocenters. The summed E-state index contributed by atoms with van der Waals surface area (Å²) in [5, 5.41) is 8.68. The van der Waals surface area contributed by atoms with Crippen LogP contribution in [0.5, 0.6) is 0 Å². The van der Waals surface area contributed by atoms with Crippen LogP contribution in [0.2, 0.25) is 0 Å². The van der Waals surface area contributed by atoms with Gasteiger partial charge in [-0.1, -0.05) is 12.1 Å². The Morgan fingerprint density at radius 3 is 3.08 bits per heavy atom. The van der Waals surface area contributed by atoms with Crippen LogP contribution in [0.25, 0.3) is 0 Å². The Labute approximate surface area is 76.5 Å². The molecule has 1 aliphatic rings. The van der Waals surface area contributed by atoms with E-state index in [1.54, 1.807) is 6.07 Å². The number of hydrogen-bond donors (Lipinski definition) is 0. The fourth-order valence-corrected chi connectivity index (χ4v) is 1.33. The molecule has 0 saturated carbocycles. The third-order valence-corrected chi connectivity index (χ3v) is 2.01. The van der Waals surface area contributed by atoms with E-state index in [4.69, 9.17) is 14.7 Å². The van der Waals surface area contributed by atoms with Crippen LogP contribution in [0.4, 0.5) is 0 Å². The molecule has 66 valence electrons. The molecule has 1 heterocycles. The highest BCUT2D eigenvalue weighted by molar-refractivity contribution is 5.33. The number of ether oxygens (including phenoxy) is 2. The van der Waals surface area contributed by atoms with Crippen molar-refractivity contribution in [1.29, 1.82) is 5.26 Å². The monoisotopic (exact) mass is 175 g/mol. The second kappa shape index (κ2) is 3.56. The summed E-state index contributed by atoms with van der Waals surface area (Å²) in [7, 11) is 0. The fourth-order valence-electron chi connectivity index (χ4n) is 1.33. The second-order valence-electron chi connectivity index (χ2n) is 2.88. The largest absolute Gasteiger partial charge is 0.352 e. The molecule has 1 aromatic rings. The molecular formula is C10H9NO2. The van der Waals surface area contributed by atoms with E-state index in [9.17, 15) is 0 Å². The first kappa shape index (κ1) is 8.24. The van der Waals surface area contributed by atoms with Crippen molar-refractivity contribution in [1.82, 2.24) is 0 Å². The van der Waals surface area contributed by atoms with Crippen molar-refractivity contribution in [3.8, 4) is 6.07 Å². The lowest BCUT2D eigenvalue weighted by Gasteiger charge is -2.06. The van der Waals surface area contributed by atoms with E-state index in [0.717, 1.165) is 5.56 Å². The summed E-state index contributed by atoms with van der Waals surface area (Å²) >= 11 is 0. The van der Waals surface area contributed by atoms with Gasteiger partial charge in [-0.05, 0) is 17.7 Å². The van der Waals surface area contributed by atoms with Gasteiger partial charge in [0.2, 0.25) is 0 Å². The minimum absolute atomic E-state index is 0.00620. The summed E-state index contributed by atoms with van der Waals surface area (Å²) in [5.41, 5.74) is 1.67. The maximum Gasteiger partial charge on any atom is 0.147 e. The predicted molar refractivity (Wildman–Crippen MR) is 45.8 cm³/mol. The van der Waals surface area contributed by atoms with Gasteiger partial charge in [0.15, 0.2) is 0 Å². The molecule has 13 heavy (non-hydrogen) atoms. The number of rotatable bonds is 1. The number of nitrogens with zero attached hydrogens (tertiary/aromatic N) is 1. The molecule has 3 nitrogen and oxygen atoms in total. The molecule has 0 amide bonds. The molecule has 0 aromatic heterocycles. The van der Waals surface area contributed by atoms with E-state index in [-0.39, 0.29) is 6.10 Å². The first-order valence-electron chi connectivity index (χ1n) is 4.09. The Hall–Kier alpha value is -1.37. The van der Waals surface area contributed by atoms with Gasteiger partial charge in [0.05, 0.1) is 18.2 Å². The third-order valence-electron chi connectivity index (χ3n) is 2.01. The highest BCUT2D eigenvalue weighted by atomic mass is 16.7. The van der Waals surface area contributed by atoms with Gasteiger partial charge >= 0.3 is 0 Å². The summed E-state index contributed by atoms with van der Waals surface area (Å²) in [6.07, 6.45) is -0.00620. The van der Waals surface area contributed by atoms with Crippen molar-refractivity contribution in [2.45, 2.75) is 6.10 Å². The van der Waals surface area contributed by atoms with E-state index in [0.29, 0.717) is 19.0 Å². The van der Waals surface area contributed by atoms with Gasteiger partial charge in [0.25, 0.3) is 0 Å². The van der Waals surface area contributed by atoms with E-state index in [1.807, 2.05) is 18.2 Å². The molecule has 0 radical (unpaired) electrons. The van der Waals surface area contributed by atoms with Crippen molar-refractivity contribution in [2.75, 3.05) is 13.4 Å². The van der Waals surface area contributed by atoms with E-state index in [1.165, 1.54) is 0 Å². The van der Waals surface area contributed by atoms with Crippen LogP contribution in [0.15, 0.2) is 24.3 Å². The SMILES string of the molecule is N#Cc1cccc(C2COCO2)c1.